The van der Waals surface area contributed by atoms with Gasteiger partial charge in [-0.2, -0.15) is 0 Å². The van der Waals surface area contributed by atoms with Crippen LogP contribution >= 0.6 is 0 Å². The van der Waals surface area contributed by atoms with E-state index in [0.29, 0.717) is 0 Å². The first-order chi connectivity index (χ1) is 10.2. The molecule has 0 saturated heterocycles. The molecule has 0 atom stereocenters. The van der Waals surface area contributed by atoms with Crippen LogP contribution in [0.3, 0.4) is 0 Å². The minimum Gasteiger partial charge on any atom is -0.497 e. The number of methoxy groups -OCH3 is 2. The van der Waals surface area contributed by atoms with Crippen LogP contribution in [0.15, 0.2) is 24.5 Å². The lowest BCUT2D eigenvalue weighted by Gasteiger charge is -2.13. The Morgan fingerprint density at radius 3 is 2.19 bits per heavy atom. The van der Waals surface area contributed by atoms with Crippen LogP contribution in [0.5, 0.6) is 11.5 Å². The van der Waals surface area contributed by atoms with E-state index in [-0.39, 0.29) is 0 Å². The number of hydrogen-bond acceptors (Lipinski definition) is 6. The van der Waals surface area contributed by atoms with Gasteiger partial charge in [0.2, 0.25) is 0 Å². The Kier molecular flexibility index (Phi) is 4.81. The number of anilines is 3. The van der Waals surface area contributed by atoms with Gasteiger partial charge in [0.25, 0.3) is 0 Å². The second-order valence-electron chi connectivity index (χ2n) is 4.45. The number of nitrogens with one attached hydrogen (secondary N) is 2. The Morgan fingerprint density at radius 2 is 1.62 bits per heavy atom. The van der Waals surface area contributed by atoms with E-state index in [1.54, 1.807) is 14.2 Å². The SMILES string of the molecule is CCNc1ncnc(Nc2cc(OC)cc(OC)c2)c1C. The number of ether oxygens (including phenoxy) is 2. The van der Waals surface area contributed by atoms with Crippen LogP contribution in [-0.2, 0) is 0 Å². The maximum absolute atomic E-state index is 5.26. The Balaban J connectivity index is 2.31. The molecule has 1 aromatic heterocycles. The summed E-state index contributed by atoms with van der Waals surface area (Å²) in [6.07, 6.45) is 1.53. The predicted octanol–water partition coefficient (Wildman–Crippen LogP) is 2.98. The molecule has 0 radical (unpaired) electrons. The first-order valence-corrected chi connectivity index (χ1v) is 6.73. The number of hydrogen-bond donors (Lipinski definition) is 2. The molecule has 21 heavy (non-hydrogen) atoms. The van der Waals surface area contributed by atoms with E-state index in [1.165, 1.54) is 6.33 Å². The highest BCUT2D eigenvalue weighted by molar-refractivity contribution is 5.66. The monoisotopic (exact) mass is 288 g/mol. The number of aromatic nitrogens is 2. The summed E-state index contributed by atoms with van der Waals surface area (Å²) in [7, 11) is 3.25. The van der Waals surface area contributed by atoms with Crippen LogP contribution in [0, 0.1) is 6.92 Å². The summed E-state index contributed by atoms with van der Waals surface area (Å²) in [5, 5.41) is 6.48. The van der Waals surface area contributed by atoms with E-state index in [2.05, 4.69) is 20.6 Å². The Morgan fingerprint density at radius 1 is 1.00 bits per heavy atom. The molecule has 0 aliphatic rings. The molecule has 0 amide bonds. The molecule has 2 aromatic rings. The van der Waals surface area contributed by atoms with Crippen molar-refractivity contribution in [2.45, 2.75) is 13.8 Å². The fourth-order valence-corrected chi connectivity index (χ4v) is 1.94. The van der Waals surface area contributed by atoms with Crippen molar-refractivity contribution in [3.63, 3.8) is 0 Å². The van der Waals surface area contributed by atoms with Crippen molar-refractivity contribution in [2.24, 2.45) is 0 Å². The third-order valence-electron chi connectivity index (χ3n) is 3.04. The minimum atomic E-state index is 0.718. The lowest BCUT2D eigenvalue weighted by Crippen LogP contribution is -2.05. The quantitative estimate of drug-likeness (QED) is 0.851. The third kappa shape index (κ3) is 3.53. The molecule has 0 fully saturated rings. The molecule has 0 saturated carbocycles. The van der Waals surface area contributed by atoms with Gasteiger partial charge in [0.15, 0.2) is 0 Å². The normalized spacial score (nSPS) is 10.1. The Labute approximate surface area is 124 Å². The van der Waals surface area contributed by atoms with Gasteiger partial charge >= 0.3 is 0 Å². The third-order valence-corrected chi connectivity index (χ3v) is 3.04. The van der Waals surface area contributed by atoms with Crippen molar-refractivity contribution in [2.75, 3.05) is 31.4 Å². The van der Waals surface area contributed by atoms with Crippen molar-refractivity contribution in [1.82, 2.24) is 9.97 Å². The molecular formula is C15H20N4O2. The zero-order valence-corrected chi connectivity index (χ0v) is 12.7. The van der Waals surface area contributed by atoms with Gasteiger partial charge in [-0.3, -0.25) is 0 Å². The summed E-state index contributed by atoms with van der Waals surface area (Å²) in [4.78, 5) is 8.51. The average Bonchev–Trinajstić information content (AvgIpc) is 2.51. The summed E-state index contributed by atoms with van der Waals surface area (Å²) in [5.74, 6) is 3.01. The number of benzene rings is 1. The van der Waals surface area contributed by atoms with Crippen LogP contribution in [0.2, 0.25) is 0 Å². The van der Waals surface area contributed by atoms with E-state index in [1.807, 2.05) is 32.0 Å². The molecule has 1 heterocycles. The van der Waals surface area contributed by atoms with E-state index in [9.17, 15) is 0 Å². The molecule has 0 unspecified atom stereocenters. The van der Waals surface area contributed by atoms with Crippen molar-refractivity contribution in [3.8, 4) is 11.5 Å². The van der Waals surface area contributed by atoms with Gasteiger partial charge in [-0.1, -0.05) is 0 Å². The highest BCUT2D eigenvalue weighted by Gasteiger charge is 2.08. The second kappa shape index (κ2) is 6.78. The van der Waals surface area contributed by atoms with Gasteiger partial charge in [-0.25, -0.2) is 9.97 Å². The average molecular weight is 288 g/mol. The number of nitrogens with zero attached hydrogens (tertiary/aromatic N) is 2. The zero-order valence-electron chi connectivity index (χ0n) is 12.7. The van der Waals surface area contributed by atoms with Gasteiger partial charge < -0.3 is 20.1 Å². The molecule has 2 N–H and O–H groups in total. The van der Waals surface area contributed by atoms with Gasteiger partial charge in [0.1, 0.15) is 29.5 Å². The molecule has 0 aliphatic heterocycles. The van der Waals surface area contributed by atoms with Crippen LogP contribution in [0.25, 0.3) is 0 Å². The lowest BCUT2D eigenvalue weighted by atomic mass is 10.2. The largest absolute Gasteiger partial charge is 0.497 e. The molecule has 6 heteroatoms. The Bertz CT molecular complexity index is 594. The van der Waals surface area contributed by atoms with Crippen molar-refractivity contribution < 1.29 is 9.47 Å². The fraction of sp³-hybridized carbons (Fsp3) is 0.333. The fourth-order valence-electron chi connectivity index (χ4n) is 1.94. The maximum Gasteiger partial charge on any atom is 0.138 e. The summed E-state index contributed by atoms with van der Waals surface area (Å²) in [6.45, 7) is 4.81. The van der Waals surface area contributed by atoms with E-state index in [4.69, 9.17) is 9.47 Å². The first kappa shape index (κ1) is 14.9. The van der Waals surface area contributed by atoms with E-state index in [0.717, 1.165) is 40.9 Å². The summed E-state index contributed by atoms with van der Waals surface area (Å²) in [6, 6.07) is 5.59. The molecule has 1 aromatic carbocycles. The maximum atomic E-state index is 5.26. The van der Waals surface area contributed by atoms with Crippen LogP contribution < -0.4 is 20.1 Å². The molecule has 2 rings (SSSR count). The molecule has 6 nitrogen and oxygen atoms in total. The topological polar surface area (TPSA) is 68.3 Å². The van der Waals surface area contributed by atoms with Gasteiger partial charge in [-0.15, -0.1) is 0 Å². The van der Waals surface area contributed by atoms with Gasteiger partial charge in [-0.05, 0) is 13.8 Å². The van der Waals surface area contributed by atoms with Crippen LogP contribution in [0.1, 0.15) is 12.5 Å². The molecule has 0 bridgehead atoms. The standard InChI is InChI=1S/C15H20N4O2/c1-5-16-14-10(2)15(18-9-17-14)19-11-6-12(20-3)8-13(7-11)21-4/h6-9H,5H2,1-4H3,(H2,16,17,18,19). The van der Waals surface area contributed by atoms with Crippen molar-refractivity contribution in [1.29, 1.82) is 0 Å². The minimum absolute atomic E-state index is 0.718. The smallest absolute Gasteiger partial charge is 0.138 e. The van der Waals surface area contributed by atoms with Gasteiger partial charge in [0.05, 0.1) is 14.2 Å². The van der Waals surface area contributed by atoms with Crippen molar-refractivity contribution >= 4 is 17.3 Å². The van der Waals surface area contributed by atoms with Crippen molar-refractivity contribution in [3.05, 3.63) is 30.1 Å². The lowest BCUT2D eigenvalue weighted by molar-refractivity contribution is 0.395. The van der Waals surface area contributed by atoms with E-state index < -0.39 is 0 Å². The highest BCUT2D eigenvalue weighted by atomic mass is 16.5. The second-order valence-corrected chi connectivity index (χ2v) is 4.45. The first-order valence-electron chi connectivity index (χ1n) is 6.73. The summed E-state index contributed by atoms with van der Waals surface area (Å²) >= 11 is 0. The van der Waals surface area contributed by atoms with Gasteiger partial charge in [0, 0.05) is 36.0 Å². The summed E-state index contributed by atoms with van der Waals surface area (Å²) < 4.78 is 10.5. The summed E-state index contributed by atoms with van der Waals surface area (Å²) in [5.41, 5.74) is 1.80. The molecule has 0 aliphatic carbocycles. The Hall–Kier alpha value is -2.50. The highest BCUT2D eigenvalue weighted by Crippen LogP contribution is 2.29. The van der Waals surface area contributed by atoms with E-state index >= 15 is 0 Å². The predicted molar refractivity (Wildman–Crippen MR) is 83.8 cm³/mol. The zero-order chi connectivity index (χ0) is 15.2. The van der Waals surface area contributed by atoms with Crippen LogP contribution in [-0.4, -0.2) is 30.7 Å². The number of rotatable bonds is 6. The molecular weight excluding hydrogens is 268 g/mol. The molecule has 112 valence electrons. The van der Waals surface area contributed by atoms with Crippen LogP contribution in [0.4, 0.5) is 17.3 Å². The molecule has 0 spiro atoms.